The van der Waals surface area contributed by atoms with E-state index >= 15 is 0 Å². The Labute approximate surface area is 105 Å². The highest BCUT2D eigenvalue weighted by Crippen LogP contribution is 2.30. The Balaban J connectivity index is 2.21. The van der Waals surface area contributed by atoms with Gasteiger partial charge in [0.15, 0.2) is 0 Å². The van der Waals surface area contributed by atoms with Gasteiger partial charge in [-0.3, -0.25) is 9.78 Å². The van der Waals surface area contributed by atoms with E-state index in [1.807, 2.05) is 11.0 Å². The number of nitrogens with zero attached hydrogens (tertiary/aromatic N) is 2. The monoisotopic (exact) mass is 254 g/mol. The average Bonchev–Trinajstić information content (AvgIpc) is 2.28. The number of anilines is 1. The van der Waals surface area contributed by atoms with Crippen molar-refractivity contribution in [3.8, 4) is 0 Å². The van der Waals surface area contributed by atoms with Gasteiger partial charge < -0.3 is 10.0 Å². The summed E-state index contributed by atoms with van der Waals surface area (Å²) in [4.78, 5) is 17.1. The lowest BCUT2D eigenvalue weighted by Crippen LogP contribution is -2.42. The summed E-state index contributed by atoms with van der Waals surface area (Å²) in [6.07, 6.45) is 4.00. The molecule has 1 aliphatic heterocycles. The Hall–Kier alpha value is -1.29. The lowest BCUT2D eigenvalue weighted by atomic mass is 9.90. The third kappa shape index (κ3) is 2.69. The van der Waals surface area contributed by atoms with Gasteiger partial charge in [-0.15, -0.1) is 0 Å². The van der Waals surface area contributed by atoms with Crippen molar-refractivity contribution >= 4 is 23.3 Å². The molecule has 1 N–H and O–H groups in total. The van der Waals surface area contributed by atoms with E-state index in [9.17, 15) is 4.79 Å². The van der Waals surface area contributed by atoms with Crippen molar-refractivity contribution in [2.75, 3.05) is 18.0 Å². The minimum Gasteiger partial charge on any atom is -0.481 e. The molecule has 0 saturated carbocycles. The van der Waals surface area contributed by atoms with Crippen molar-refractivity contribution in [1.82, 2.24) is 4.98 Å². The summed E-state index contributed by atoms with van der Waals surface area (Å²) in [5.74, 6) is -0.691. The lowest BCUT2D eigenvalue weighted by molar-refractivity contribution is -0.142. The SMILES string of the molecule is CC1CC(C(=O)O)CN(c2ccncc2Cl)C1. The molecule has 0 aliphatic carbocycles. The number of carbonyl (C=O) groups is 1. The van der Waals surface area contributed by atoms with Gasteiger partial charge in [0.2, 0.25) is 0 Å². The first-order chi connectivity index (χ1) is 8.08. The summed E-state index contributed by atoms with van der Waals surface area (Å²) in [6, 6.07) is 1.83. The van der Waals surface area contributed by atoms with Crippen LogP contribution in [0, 0.1) is 11.8 Å². The van der Waals surface area contributed by atoms with Crippen molar-refractivity contribution in [2.24, 2.45) is 11.8 Å². The number of halogens is 1. The van der Waals surface area contributed by atoms with Crippen LogP contribution in [0.15, 0.2) is 18.5 Å². The summed E-state index contributed by atoms with van der Waals surface area (Å²) in [5.41, 5.74) is 0.875. The van der Waals surface area contributed by atoms with E-state index in [1.54, 1.807) is 12.4 Å². The highest BCUT2D eigenvalue weighted by Gasteiger charge is 2.30. The maximum absolute atomic E-state index is 11.1. The van der Waals surface area contributed by atoms with E-state index in [-0.39, 0.29) is 5.92 Å². The van der Waals surface area contributed by atoms with Crippen molar-refractivity contribution in [3.05, 3.63) is 23.5 Å². The van der Waals surface area contributed by atoms with Crippen molar-refractivity contribution in [3.63, 3.8) is 0 Å². The molecule has 1 aromatic rings. The number of carboxylic acids is 1. The molecule has 2 atom stereocenters. The molecule has 1 saturated heterocycles. The average molecular weight is 255 g/mol. The van der Waals surface area contributed by atoms with E-state index in [2.05, 4.69) is 11.9 Å². The van der Waals surface area contributed by atoms with Crippen LogP contribution in [0.5, 0.6) is 0 Å². The molecule has 2 rings (SSSR count). The fraction of sp³-hybridized carbons (Fsp3) is 0.500. The number of aromatic nitrogens is 1. The fourth-order valence-corrected chi connectivity index (χ4v) is 2.59. The van der Waals surface area contributed by atoms with E-state index in [0.717, 1.165) is 18.7 Å². The summed E-state index contributed by atoms with van der Waals surface area (Å²) < 4.78 is 0. The van der Waals surface area contributed by atoms with Gasteiger partial charge in [-0.05, 0) is 18.4 Å². The topological polar surface area (TPSA) is 53.4 Å². The zero-order valence-electron chi connectivity index (χ0n) is 9.64. The van der Waals surface area contributed by atoms with Crippen LogP contribution in [0.25, 0.3) is 0 Å². The third-order valence-electron chi connectivity index (χ3n) is 3.10. The van der Waals surface area contributed by atoms with Crippen LogP contribution in [0.2, 0.25) is 5.02 Å². The molecule has 1 fully saturated rings. The lowest BCUT2D eigenvalue weighted by Gasteiger charge is -2.36. The molecule has 5 heteroatoms. The maximum Gasteiger partial charge on any atom is 0.308 e. The Morgan fingerprint density at radius 1 is 1.59 bits per heavy atom. The Bertz CT molecular complexity index is 425. The Kier molecular flexibility index (Phi) is 3.52. The van der Waals surface area contributed by atoms with Crippen molar-refractivity contribution in [1.29, 1.82) is 0 Å². The van der Waals surface area contributed by atoms with Crippen LogP contribution < -0.4 is 4.90 Å². The van der Waals surface area contributed by atoms with Gasteiger partial charge >= 0.3 is 5.97 Å². The van der Waals surface area contributed by atoms with Crippen LogP contribution in [0.4, 0.5) is 5.69 Å². The fourth-order valence-electron chi connectivity index (χ4n) is 2.35. The van der Waals surface area contributed by atoms with Crippen LogP contribution in [-0.2, 0) is 4.79 Å². The third-order valence-corrected chi connectivity index (χ3v) is 3.39. The second-order valence-electron chi connectivity index (χ2n) is 4.61. The van der Waals surface area contributed by atoms with Gasteiger partial charge in [0.25, 0.3) is 0 Å². The molecule has 0 bridgehead atoms. The molecule has 0 spiro atoms. The van der Waals surface area contributed by atoms with Crippen molar-refractivity contribution in [2.45, 2.75) is 13.3 Å². The number of carboxylic acid groups (broad SMARTS) is 1. The van der Waals surface area contributed by atoms with E-state index < -0.39 is 5.97 Å². The number of hydrogen-bond donors (Lipinski definition) is 1. The highest BCUT2D eigenvalue weighted by atomic mass is 35.5. The molecule has 4 nitrogen and oxygen atoms in total. The van der Waals surface area contributed by atoms with Crippen LogP contribution in [0.3, 0.4) is 0 Å². The standard InChI is InChI=1S/C12H15ClN2O2/c1-8-4-9(12(16)17)7-15(6-8)11-2-3-14-5-10(11)13/h2-3,5,8-9H,4,6-7H2,1H3,(H,16,17). The largest absolute Gasteiger partial charge is 0.481 e. The maximum atomic E-state index is 11.1. The van der Waals surface area contributed by atoms with E-state index in [1.165, 1.54) is 0 Å². The number of pyridine rings is 1. The van der Waals surface area contributed by atoms with E-state index in [0.29, 0.717) is 17.5 Å². The molecule has 17 heavy (non-hydrogen) atoms. The van der Waals surface area contributed by atoms with Crippen LogP contribution >= 0.6 is 11.6 Å². The molecular formula is C12H15ClN2O2. The molecule has 1 aliphatic rings. The minimum atomic E-state index is -0.730. The van der Waals surface area contributed by atoms with Gasteiger partial charge in [0, 0.05) is 25.5 Å². The molecule has 2 unspecified atom stereocenters. The first-order valence-electron chi connectivity index (χ1n) is 5.65. The smallest absolute Gasteiger partial charge is 0.308 e. The van der Waals surface area contributed by atoms with Gasteiger partial charge in [-0.1, -0.05) is 18.5 Å². The number of piperidine rings is 1. The minimum absolute atomic E-state index is 0.317. The Morgan fingerprint density at radius 3 is 3.00 bits per heavy atom. The number of rotatable bonds is 2. The zero-order chi connectivity index (χ0) is 12.4. The first-order valence-corrected chi connectivity index (χ1v) is 6.03. The predicted molar refractivity (Wildman–Crippen MR) is 66.4 cm³/mol. The quantitative estimate of drug-likeness (QED) is 0.880. The molecule has 0 amide bonds. The molecule has 92 valence electrons. The molecule has 0 aromatic carbocycles. The highest BCUT2D eigenvalue weighted by molar-refractivity contribution is 6.33. The molecule has 2 heterocycles. The summed E-state index contributed by atoms with van der Waals surface area (Å²) in [7, 11) is 0. The second kappa shape index (κ2) is 4.92. The summed E-state index contributed by atoms with van der Waals surface area (Å²) in [6.45, 7) is 3.42. The van der Waals surface area contributed by atoms with E-state index in [4.69, 9.17) is 16.7 Å². The molecular weight excluding hydrogens is 240 g/mol. The van der Waals surface area contributed by atoms with Crippen molar-refractivity contribution < 1.29 is 9.90 Å². The van der Waals surface area contributed by atoms with Gasteiger partial charge in [-0.25, -0.2) is 0 Å². The van der Waals surface area contributed by atoms with Crippen LogP contribution in [0.1, 0.15) is 13.3 Å². The molecule has 1 aromatic heterocycles. The number of hydrogen-bond acceptors (Lipinski definition) is 3. The van der Waals surface area contributed by atoms with Gasteiger partial charge in [0.05, 0.1) is 16.6 Å². The summed E-state index contributed by atoms with van der Waals surface area (Å²) in [5, 5.41) is 9.69. The van der Waals surface area contributed by atoms with Gasteiger partial charge in [-0.2, -0.15) is 0 Å². The Morgan fingerprint density at radius 2 is 2.35 bits per heavy atom. The second-order valence-corrected chi connectivity index (χ2v) is 5.02. The number of aliphatic carboxylic acids is 1. The summed E-state index contributed by atoms with van der Waals surface area (Å²) >= 11 is 6.08. The zero-order valence-corrected chi connectivity index (χ0v) is 10.4. The van der Waals surface area contributed by atoms with Crippen LogP contribution in [-0.4, -0.2) is 29.1 Å². The predicted octanol–water partition coefficient (Wildman–Crippen LogP) is 2.28. The normalized spacial score (nSPS) is 24.7. The molecule has 0 radical (unpaired) electrons. The first kappa shape index (κ1) is 12.2. The van der Waals surface area contributed by atoms with Gasteiger partial charge in [0.1, 0.15) is 0 Å².